The summed E-state index contributed by atoms with van der Waals surface area (Å²) in [5.74, 6) is -2.21. The molecule has 17 heavy (non-hydrogen) atoms. The van der Waals surface area contributed by atoms with E-state index in [1.807, 2.05) is 0 Å². The van der Waals surface area contributed by atoms with Crippen LogP contribution < -0.4 is 0 Å². The quantitative estimate of drug-likeness (QED) is 0.851. The molecule has 0 aliphatic heterocycles. The fourth-order valence-electron chi connectivity index (χ4n) is 1.63. The van der Waals surface area contributed by atoms with Crippen LogP contribution in [0.4, 0.5) is 13.2 Å². The van der Waals surface area contributed by atoms with Crippen molar-refractivity contribution in [2.24, 2.45) is 0 Å². The summed E-state index contributed by atoms with van der Waals surface area (Å²) in [4.78, 5) is 0. The van der Waals surface area contributed by atoms with E-state index in [0.717, 1.165) is 18.2 Å². The van der Waals surface area contributed by atoms with Gasteiger partial charge in [-0.15, -0.1) is 0 Å². The molecule has 0 spiro atoms. The molecule has 0 aliphatic carbocycles. The van der Waals surface area contributed by atoms with E-state index in [2.05, 4.69) is 0 Å². The molecule has 4 heteroatoms. The predicted octanol–water partition coefficient (Wildman–Crippen LogP) is 3.26. The van der Waals surface area contributed by atoms with E-state index in [1.54, 1.807) is 0 Å². The molecule has 0 aromatic heterocycles. The summed E-state index contributed by atoms with van der Waals surface area (Å²) in [6.07, 6.45) is 0. The van der Waals surface area contributed by atoms with Gasteiger partial charge in [0.2, 0.25) is 0 Å². The Hall–Kier alpha value is -1.81. The van der Waals surface area contributed by atoms with Gasteiger partial charge in [-0.2, -0.15) is 0 Å². The Balaban J connectivity index is 2.60. The van der Waals surface area contributed by atoms with Crippen LogP contribution in [-0.4, -0.2) is 5.11 Å². The molecule has 0 fully saturated rings. The van der Waals surface area contributed by atoms with E-state index in [0.29, 0.717) is 0 Å². The average molecular weight is 238 g/mol. The van der Waals surface area contributed by atoms with Gasteiger partial charge in [0.05, 0.1) is 6.61 Å². The fraction of sp³-hybridized carbons (Fsp3) is 0.0769. The molecule has 0 saturated carbocycles. The number of benzene rings is 2. The van der Waals surface area contributed by atoms with E-state index in [1.165, 1.54) is 18.2 Å². The van der Waals surface area contributed by atoms with Gasteiger partial charge in [0.15, 0.2) is 0 Å². The molecule has 0 radical (unpaired) electrons. The molecule has 0 aliphatic rings. The standard InChI is InChI=1S/C13H9F3O/c14-10-4-9(5-11(15)6-10)12-3-1-2-8(7-17)13(12)16/h1-6,17H,7H2. The highest BCUT2D eigenvalue weighted by Crippen LogP contribution is 2.26. The van der Waals surface area contributed by atoms with Crippen molar-refractivity contribution < 1.29 is 18.3 Å². The Morgan fingerprint density at radius 3 is 2.18 bits per heavy atom. The van der Waals surface area contributed by atoms with Crippen LogP contribution in [0, 0.1) is 17.5 Å². The van der Waals surface area contributed by atoms with Crippen LogP contribution in [0.2, 0.25) is 0 Å². The van der Waals surface area contributed by atoms with Crippen LogP contribution in [0.1, 0.15) is 5.56 Å². The molecule has 2 rings (SSSR count). The number of aliphatic hydroxyl groups is 1. The summed E-state index contributed by atoms with van der Waals surface area (Å²) in [6, 6.07) is 7.15. The van der Waals surface area contributed by atoms with Gasteiger partial charge >= 0.3 is 0 Å². The second kappa shape index (κ2) is 4.59. The first-order valence-electron chi connectivity index (χ1n) is 4.96. The van der Waals surface area contributed by atoms with E-state index in [4.69, 9.17) is 5.11 Å². The van der Waals surface area contributed by atoms with Crippen molar-refractivity contribution in [3.8, 4) is 11.1 Å². The van der Waals surface area contributed by atoms with Crippen LogP contribution in [0.15, 0.2) is 36.4 Å². The highest BCUT2D eigenvalue weighted by Gasteiger charge is 2.11. The topological polar surface area (TPSA) is 20.2 Å². The first-order chi connectivity index (χ1) is 8.11. The third-order valence-corrected chi connectivity index (χ3v) is 2.42. The molecule has 2 aromatic rings. The maximum atomic E-state index is 13.8. The lowest BCUT2D eigenvalue weighted by atomic mass is 10.0. The molecular weight excluding hydrogens is 229 g/mol. The second-order valence-electron chi connectivity index (χ2n) is 3.59. The monoisotopic (exact) mass is 238 g/mol. The molecule has 1 N–H and O–H groups in total. The van der Waals surface area contributed by atoms with E-state index < -0.39 is 24.1 Å². The van der Waals surface area contributed by atoms with Crippen LogP contribution in [-0.2, 0) is 6.61 Å². The Morgan fingerprint density at radius 1 is 0.941 bits per heavy atom. The zero-order chi connectivity index (χ0) is 12.4. The lowest BCUT2D eigenvalue weighted by molar-refractivity contribution is 0.276. The Morgan fingerprint density at radius 2 is 1.59 bits per heavy atom. The third-order valence-electron chi connectivity index (χ3n) is 2.42. The van der Waals surface area contributed by atoms with Gasteiger partial charge in [0.1, 0.15) is 17.5 Å². The van der Waals surface area contributed by atoms with Crippen molar-refractivity contribution in [2.75, 3.05) is 0 Å². The van der Waals surface area contributed by atoms with E-state index in [-0.39, 0.29) is 16.7 Å². The molecule has 2 aromatic carbocycles. The summed E-state index contributed by atoms with van der Waals surface area (Å²) in [5.41, 5.74) is 0.261. The Labute approximate surface area is 96.1 Å². The summed E-state index contributed by atoms with van der Waals surface area (Å²) in [5, 5.41) is 8.91. The molecule has 0 saturated heterocycles. The van der Waals surface area contributed by atoms with Gasteiger partial charge in [-0.05, 0) is 17.7 Å². The normalized spacial score (nSPS) is 10.6. The first-order valence-corrected chi connectivity index (χ1v) is 4.96. The van der Waals surface area contributed by atoms with E-state index >= 15 is 0 Å². The lowest BCUT2D eigenvalue weighted by Crippen LogP contribution is -1.94. The largest absolute Gasteiger partial charge is 0.392 e. The minimum atomic E-state index is -0.770. The SMILES string of the molecule is OCc1cccc(-c2cc(F)cc(F)c2)c1F. The van der Waals surface area contributed by atoms with Gasteiger partial charge in [0, 0.05) is 17.2 Å². The highest BCUT2D eigenvalue weighted by atomic mass is 19.1. The molecule has 88 valence electrons. The summed E-state index contributed by atoms with van der Waals surface area (Å²) >= 11 is 0. The number of aliphatic hydroxyl groups excluding tert-OH is 1. The van der Waals surface area contributed by atoms with Crippen LogP contribution in [0.5, 0.6) is 0 Å². The lowest BCUT2D eigenvalue weighted by Gasteiger charge is -2.07. The smallest absolute Gasteiger partial charge is 0.136 e. The molecular formula is C13H9F3O. The van der Waals surface area contributed by atoms with Crippen molar-refractivity contribution in [1.29, 1.82) is 0 Å². The van der Waals surface area contributed by atoms with Gasteiger partial charge < -0.3 is 5.11 Å². The fourth-order valence-corrected chi connectivity index (χ4v) is 1.63. The zero-order valence-electron chi connectivity index (χ0n) is 8.75. The van der Waals surface area contributed by atoms with Crippen molar-refractivity contribution in [1.82, 2.24) is 0 Å². The maximum Gasteiger partial charge on any atom is 0.136 e. The number of rotatable bonds is 2. The van der Waals surface area contributed by atoms with Gasteiger partial charge in [0.25, 0.3) is 0 Å². The van der Waals surface area contributed by atoms with Crippen molar-refractivity contribution in [3.05, 3.63) is 59.4 Å². The van der Waals surface area contributed by atoms with Crippen LogP contribution in [0.25, 0.3) is 11.1 Å². The number of hydrogen-bond donors (Lipinski definition) is 1. The average Bonchev–Trinajstić information content (AvgIpc) is 2.28. The molecule has 0 atom stereocenters. The van der Waals surface area contributed by atoms with Gasteiger partial charge in [-0.1, -0.05) is 18.2 Å². The summed E-state index contributed by atoms with van der Waals surface area (Å²) in [6.45, 7) is -0.461. The third kappa shape index (κ3) is 2.31. The van der Waals surface area contributed by atoms with Gasteiger partial charge in [-0.3, -0.25) is 0 Å². The van der Waals surface area contributed by atoms with E-state index in [9.17, 15) is 13.2 Å². The first kappa shape index (κ1) is 11.7. The second-order valence-corrected chi connectivity index (χ2v) is 3.59. The molecule has 0 bridgehead atoms. The minimum Gasteiger partial charge on any atom is -0.392 e. The molecule has 1 nitrogen and oxygen atoms in total. The van der Waals surface area contributed by atoms with Crippen LogP contribution >= 0.6 is 0 Å². The Bertz CT molecular complexity index is 532. The minimum absolute atomic E-state index is 0.0648. The molecule has 0 heterocycles. The van der Waals surface area contributed by atoms with Crippen molar-refractivity contribution in [2.45, 2.75) is 6.61 Å². The molecule has 0 amide bonds. The highest BCUT2D eigenvalue weighted by molar-refractivity contribution is 5.65. The summed E-state index contributed by atoms with van der Waals surface area (Å²) in [7, 11) is 0. The maximum absolute atomic E-state index is 13.8. The van der Waals surface area contributed by atoms with Crippen molar-refractivity contribution >= 4 is 0 Å². The number of hydrogen-bond acceptors (Lipinski definition) is 1. The van der Waals surface area contributed by atoms with Crippen LogP contribution in [0.3, 0.4) is 0 Å². The summed E-state index contributed by atoms with van der Waals surface area (Å²) < 4.78 is 39.8. The van der Waals surface area contributed by atoms with Gasteiger partial charge in [-0.25, -0.2) is 13.2 Å². The number of halogens is 3. The zero-order valence-corrected chi connectivity index (χ0v) is 8.75. The molecule has 0 unspecified atom stereocenters. The van der Waals surface area contributed by atoms with Crippen molar-refractivity contribution in [3.63, 3.8) is 0 Å². The Kier molecular flexibility index (Phi) is 3.15. The predicted molar refractivity (Wildman–Crippen MR) is 57.7 cm³/mol.